The minimum absolute atomic E-state index is 0.0761. The van der Waals surface area contributed by atoms with E-state index in [-0.39, 0.29) is 10.8 Å². The second kappa shape index (κ2) is 7.76. The monoisotopic (exact) mass is 430 g/mol. The predicted octanol–water partition coefficient (Wildman–Crippen LogP) is 3.88. The van der Waals surface area contributed by atoms with Gasteiger partial charge in [0.1, 0.15) is 13.2 Å². The van der Waals surface area contributed by atoms with Crippen LogP contribution in [0.4, 0.5) is 11.4 Å². The van der Waals surface area contributed by atoms with Crippen molar-refractivity contribution >= 4 is 38.6 Å². The number of rotatable bonds is 5. The highest BCUT2D eigenvalue weighted by Crippen LogP contribution is 2.32. The lowest BCUT2D eigenvalue weighted by molar-refractivity contribution is 0.103. The average Bonchev–Trinajstić information content (AvgIpc) is 3.15. The predicted molar refractivity (Wildman–Crippen MR) is 112 cm³/mol. The number of fused-ring (bicyclic) bond motifs is 1. The maximum absolute atomic E-state index is 12.7. The first-order valence-electron chi connectivity index (χ1n) is 8.81. The minimum atomic E-state index is -3.79. The van der Waals surface area contributed by atoms with Gasteiger partial charge in [0.15, 0.2) is 11.5 Å². The van der Waals surface area contributed by atoms with E-state index in [0.717, 1.165) is 4.88 Å². The molecule has 3 aromatic rings. The first kappa shape index (κ1) is 19.3. The highest BCUT2D eigenvalue weighted by molar-refractivity contribution is 7.92. The Labute approximate surface area is 172 Å². The van der Waals surface area contributed by atoms with Crippen molar-refractivity contribution in [3.63, 3.8) is 0 Å². The number of anilines is 2. The zero-order valence-corrected chi connectivity index (χ0v) is 17.1. The summed E-state index contributed by atoms with van der Waals surface area (Å²) in [5, 5.41) is 2.79. The van der Waals surface area contributed by atoms with E-state index in [2.05, 4.69) is 10.0 Å². The van der Waals surface area contributed by atoms with Gasteiger partial charge in [-0.05, 0) is 55.5 Å². The number of sulfonamides is 1. The SMILES string of the molecule is Cc1ccc(C(=O)Nc2ccc(NS(=O)(=O)c3ccc4c(c3)OCCO4)cc2)s1. The van der Waals surface area contributed by atoms with Crippen molar-refractivity contribution in [2.24, 2.45) is 0 Å². The summed E-state index contributed by atoms with van der Waals surface area (Å²) in [6, 6.07) is 14.6. The highest BCUT2D eigenvalue weighted by Gasteiger charge is 2.19. The lowest BCUT2D eigenvalue weighted by atomic mass is 10.3. The molecular formula is C20H18N2O5S2. The number of benzene rings is 2. The zero-order valence-electron chi connectivity index (χ0n) is 15.5. The van der Waals surface area contributed by atoms with Crippen LogP contribution in [0.1, 0.15) is 14.5 Å². The van der Waals surface area contributed by atoms with Crippen molar-refractivity contribution < 1.29 is 22.7 Å². The summed E-state index contributed by atoms with van der Waals surface area (Å²) in [7, 11) is -3.79. The molecule has 0 unspecified atom stereocenters. The van der Waals surface area contributed by atoms with Gasteiger partial charge in [0.25, 0.3) is 15.9 Å². The number of amides is 1. The third kappa shape index (κ3) is 4.36. The van der Waals surface area contributed by atoms with Crippen LogP contribution in [-0.2, 0) is 10.0 Å². The zero-order chi connectivity index (χ0) is 20.4. The number of carbonyl (C=O) groups is 1. The van der Waals surface area contributed by atoms with E-state index in [1.54, 1.807) is 36.4 Å². The van der Waals surface area contributed by atoms with E-state index in [0.29, 0.717) is 41.0 Å². The molecule has 1 aromatic heterocycles. The van der Waals surface area contributed by atoms with E-state index >= 15 is 0 Å². The van der Waals surface area contributed by atoms with Gasteiger partial charge in [-0.25, -0.2) is 8.42 Å². The fourth-order valence-electron chi connectivity index (χ4n) is 2.78. The molecule has 2 heterocycles. The van der Waals surface area contributed by atoms with E-state index in [1.165, 1.54) is 23.5 Å². The standard InChI is InChI=1S/C20H18N2O5S2/c1-13-2-9-19(28-13)20(23)21-14-3-5-15(6-4-14)22-29(24,25)16-7-8-17-18(12-16)27-11-10-26-17/h2-9,12,22H,10-11H2,1H3,(H,21,23). The number of ether oxygens (including phenoxy) is 2. The van der Waals surface area contributed by atoms with Crippen molar-refractivity contribution in [2.75, 3.05) is 23.3 Å². The van der Waals surface area contributed by atoms with Crippen LogP contribution in [0.5, 0.6) is 11.5 Å². The molecule has 0 spiro atoms. The van der Waals surface area contributed by atoms with Gasteiger partial charge in [0.2, 0.25) is 0 Å². The Hall–Kier alpha value is -3.04. The molecule has 0 saturated heterocycles. The topological polar surface area (TPSA) is 93.7 Å². The molecule has 29 heavy (non-hydrogen) atoms. The lowest BCUT2D eigenvalue weighted by Crippen LogP contribution is -2.17. The van der Waals surface area contributed by atoms with Crippen molar-refractivity contribution in [1.82, 2.24) is 0 Å². The molecule has 0 aliphatic carbocycles. The molecule has 4 rings (SSSR count). The first-order valence-corrected chi connectivity index (χ1v) is 11.1. The average molecular weight is 431 g/mol. The third-order valence-electron chi connectivity index (χ3n) is 4.18. The number of thiophene rings is 1. The maximum atomic E-state index is 12.7. The number of carbonyl (C=O) groups excluding carboxylic acids is 1. The molecule has 0 bridgehead atoms. The summed E-state index contributed by atoms with van der Waals surface area (Å²) in [4.78, 5) is 14.0. The van der Waals surface area contributed by atoms with Crippen LogP contribution < -0.4 is 19.5 Å². The van der Waals surface area contributed by atoms with Gasteiger partial charge in [-0.3, -0.25) is 9.52 Å². The minimum Gasteiger partial charge on any atom is -0.486 e. The Kier molecular flexibility index (Phi) is 5.16. The van der Waals surface area contributed by atoms with Gasteiger partial charge < -0.3 is 14.8 Å². The van der Waals surface area contributed by atoms with Crippen LogP contribution in [0.25, 0.3) is 0 Å². The number of hydrogen-bond donors (Lipinski definition) is 2. The lowest BCUT2D eigenvalue weighted by Gasteiger charge is -2.19. The summed E-state index contributed by atoms with van der Waals surface area (Å²) < 4.78 is 38.7. The van der Waals surface area contributed by atoms with Gasteiger partial charge in [-0.2, -0.15) is 0 Å². The molecule has 0 saturated carbocycles. The van der Waals surface area contributed by atoms with Crippen LogP contribution in [0.3, 0.4) is 0 Å². The third-order valence-corrected chi connectivity index (χ3v) is 6.56. The van der Waals surface area contributed by atoms with Crippen LogP contribution in [-0.4, -0.2) is 27.5 Å². The van der Waals surface area contributed by atoms with Crippen molar-refractivity contribution in [1.29, 1.82) is 0 Å². The van der Waals surface area contributed by atoms with E-state index in [1.807, 2.05) is 13.0 Å². The fourth-order valence-corrected chi connectivity index (χ4v) is 4.61. The molecule has 150 valence electrons. The summed E-state index contributed by atoms with van der Waals surface area (Å²) in [6.45, 7) is 2.75. The van der Waals surface area contributed by atoms with Gasteiger partial charge in [0.05, 0.1) is 9.77 Å². The molecule has 2 N–H and O–H groups in total. The number of hydrogen-bond acceptors (Lipinski definition) is 6. The second-order valence-corrected chi connectivity index (χ2v) is 9.32. The molecule has 9 heteroatoms. The molecule has 0 fully saturated rings. The Balaban J connectivity index is 1.46. The molecule has 0 radical (unpaired) electrons. The second-order valence-electron chi connectivity index (χ2n) is 6.35. The Bertz CT molecular complexity index is 1150. The molecule has 1 aliphatic heterocycles. The van der Waals surface area contributed by atoms with Crippen LogP contribution >= 0.6 is 11.3 Å². The molecular weight excluding hydrogens is 412 g/mol. The normalized spacial score (nSPS) is 13.0. The maximum Gasteiger partial charge on any atom is 0.265 e. The van der Waals surface area contributed by atoms with Crippen LogP contribution in [0, 0.1) is 6.92 Å². The van der Waals surface area contributed by atoms with E-state index < -0.39 is 10.0 Å². The summed E-state index contributed by atoms with van der Waals surface area (Å²) in [5.41, 5.74) is 0.952. The summed E-state index contributed by atoms with van der Waals surface area (Å²) >= 11 is 1.41. The Morgan fingerprint density at radius 2 is 1.62 bits per heavy atom. The Morgan fingerprint density at radius 3 is 2.31 bits per heavy atom. The van der Waals surface area contributed by atoms with Gasteiger partial charge in [-0.1, -0.05) is 0 Å². The summed E-state index contributed by atoms with van der Waals surface area (Å²) in [6.07, 6.45) is 0. The molecule has 0 atom stereocenters. The smallest absolute Gasteiger partial charge is 0.265 e. The molecule has 2 aromatic carbocycles. The number of aryl methyl sites for hydroxylation is 1. The molecule has 1 amide bonds. The van der Waals surface area contributed by atoms with E-state index in [4.69, 9.17) is 9.47 Å². The van der Waals surface area contributed by atoms with Gasteiger partial charge in [-0.15, -0.1) is 11.3 Å². The van der Waals surface area contributed by atoms with Crippen molar-refractivity contribution in [2.45, 2.75) is 11.8 Å². The Morgan fingerprint density at radius 1 is 0.931 bits per heavy atom. The van der Waals surface area contributed by atoms with Crippen LogP contribution in [0.2, 0.25) is 0 Å². The number of nitrogens with one attached hydrogen (secondary N) is 2. The first-order chi connectivity index (χ1) is 13.9. The van der Waals surface area contributed by atoms with E-state index in [9.17, 15) is 13.2 Å². The fraction of sp³-hybridized carbons (Fsp3) is 0.150. The van der Waals surface area contributed by atoms with Gasteiger partial charge >= 0.3 is 0 Å². The van der Waals surface area contributed by atoms with Gasteiger partial charge in [0, 0.05) is 22.3 Å². The molecule has 1 aliphatic rings. The quantitative estimate of drug-likeness (QED) is 0.641. The highest BCUT2D eigenvalue weighted by atomic mass is 32.2. The van der Waals surface area contributed by atoms with Crippen molar-refractivity contribution in [3.05, 3.63) is 64.4 Å². The largest absolute Gasteiger partial charge is 0.486 e. The van der Waals surface area contributed by atoms with Crippen LogP contribution in [0.15, 0.2) is 59.5 Å². The van der Waals surface area contributed by atoms with Crippen molar-refractivity contribution in [3.8, 4) is 11.5 Å². The molecule has 7 nitrogen and oxygen atoms in total. The summed E-state index contributed by atoms with van der Waals surface area (Å²) in [5.74, 6) is 0.727.